The van der Waals surface area contributed by atoms with Gasteiger partial charge < -0.3 is 15.3 Å². The number of likely N-dealkylation sites (N-methyl/N-ethyl adjacent to an activating group) is 1. The highest BCUT2D eigenvalue weighted by Gasteiger charge is 2.26. The molecule has 1 saturated heterocycles. The molecule has 2 N–H and O–H groups in total. The van der Waals surface area contributed by atoms with Gasteiger partial charge in [-0.15, -0.1) is 0 Å². The van der Waals surface area contributed by atoms with Crippen LogP contribution in [0, 0.1) is 5.92 Å². The molecule has 3 fully saturated rings. The minimum absolute atomic E-state index is 0.0294. The number of piperazine rings is 1. The average molecular weight is 491 g/mol. The maximum Gasteiger partial charge on any atom is 0.260 e. The summed E-state index contributed by atoms with van der Waals surface area (Å²) in [5.41, 5.74) is 1.92. The minimum atomic E-state index is -0.270. The molecule has 36 heavy (non-hydrogen) atoms. The Labute approximate surface area is 212 Å². The highest BCUT2D eigenvalue weighted by molar-refractivity contribution is 6.04. The first kappa shape index (κ1) is 23.8. The topological polar surface area (TPSA) is 86.5 Å². The fourth-order valence-corrected chi connectivity index (χ4v) is 5.87. The molecule has 2 aromatic heterocycles. The molecule has 1 aromatic carbocycles. The molecule has 0 amide bonds. The van der Waals surface area contributed by atoms with Gasteiger partial charge in [-0.1, -0.05) is 25.0 Å². The number of fused-ring (bicyclic) bond motifs is 3. The van der Waals surface area contributed by atoms with Gasteiger partial charge in [-0.3, -0.25) is 14.3 Å². The lowest BCUT2D eigenvalue weighted by Crippen LogP contribution is -2.43. The maximum absolute atomic E-state index is 14.0. The van der Waals surface area contributed by atoms with Crippen LogP contribution in [0.1, 0.15) is 56.6 Å². The molecule has 8 heteroatoms. The minimum Gasteiger partial charge on any atom is -0.393 e. The summed E-state index contributed by atoms with van der Waals surface area (Å²) in [5, 5.41) is 16.1. The fourth-order valence-electron chi connectivity index (χ4n) is 5.87. The van der Waals surface area contributed by atoms with Gasteiger partial charge in [-0.05, 0) is 62.1 Å². The van der Waals surface area contributed by atoms with E-state index in [0.29, 0.717) is 11.6 Å². The Morgan fingerprint density at radius 3 is 2.53 bits per heavy atom. The van der Waals surface area contributed by atoms with Crippen LogP contribution in [0.3, 0.4) is 0 Å². The third-order valence-corrected chi connectivity index (χ3v) is 8.39. The Kier molecular flexibility index (Phi) is 6.67. The molecule has 1 aliphatic heterocycles. The molecule has 0 atom stereocenters. The lowest BCUT2D eigenvalue weighted by atomic mass is 9.92. The summed E-state index contributed by atoms with van der Waals surface area (Å²) >= 11 is 0. The summed E-state index contributed by atoms with van der Waals surface area (Å²) in [6.07, 6.45) is 8.43. The van der Waals surface area contributed by atoms with Crippen molar-refractivity contribution in [3.63, 3.8) is 0 Å². The van der Waals surface area contributed by atoms with E-state index in [0.717, 1.165) is 93.4 Å². The smallest absolute Gasteiger partial charge is 0.260 e. The van der Waals surface area contributed by atoms with Gasteiger partial charge in [0.05, 0.1) is 6.10 Å². The summed E-state index contributed by atoms with van der Waals surface area (Å²) in [7, 11) is 2.17. The predicted molar refractivity (Wildman–Crippen MR) is 143 cm³/mol. The van der Waals surface area contributed by atoms with Crippen LogP contribution in [0.15, 0.2) is 29.2 Å². The zero-order chi connectivity index (χ0) is 24.6. The molecule has 3 aliphatic rings. The van der Waals surface area contributed by atoms with Gasteiger partial charge in [0.25, 0.3) is 5.56 Å². The first-order chi connectivity index (χ1) is 17.5. The Morgan fingerprint density at radius 2 is 1.78 bits per heavy atom. The Morgan fingerprint density at radius 1 is 1.00 bits per heavy atom. The Balaban J connectivity index is 1.39. The van der Waals surface area contributed by atoms with Crippen molar-refractivity contribution in [2.24, 2.45) is 5.92 Å². The van der Waals surface area contributed by atoms with Crippen LogP contribution in [0.4, 0.5) is 5.95 Å². The molecular formula is C28H38N6O2. The van der Waals surface area contributed by atoms with E-state index >= 15 is 0 Å². The van der Waals surface area contributed by atoms with Gasteiger partial charge >= 0.3 is 0 Å². The highest BCUT2D eigenvalue weighted by atomic mass is 16.3. The third kappa shape index (κ3) is 4.99. The van der Waals surface area contributed by atoms with Crippen molar-refractivity contribution in [1.82, 2.24) is 24.3 Å². The fraction of sp³-hybridized carbons (Fsp3) is 0.607. The number of pyridine rings is 1. The van der Waals surface area contributed by atoms with Crippen molar-refractivity contribution in [3.8, 4) is 0 Å². The van der Waals surface area contributed by atoms with E-state index in [2.05, 4.69) is 45.3 Å². The SMILES string of the molecule is CN1CCN(Cc2ccc3c(c2)c(=O)n([C@H]2CC[C@H](O)CC2)c2nc(NCCC4CC4)ncc32)CC1. The largest absolute Gasteiger partial charge is 0.393 e. The van der Waals surface area contributed by atoms with Crippen LogP contribution < -0.4 is 10.9 Å². The molecule has 2 aliphatic carbocycles. The van der Waals surface area contributed by atoms with Crippen molar-refractivity contribution < 1.29 is 5.11 Å². The van der Waals surface area contributed by atoms with E-state index in [4.69, 9.17) is 4.98 Å². The van der Waals surface area contributed by atoms with Gasteiger partial charge in [0, 0.05) is 62.3 Å². The van der Waals surface area contributed by atoms with Crippen molar-refractivity contribution in [2.45, 2.75) is 63.6 Å². The van der Waals surface area contributed by atoms with Gasteiger partial charge in [0.1, 0.15) is 5.65 Å². The standard InChI is InChI=1S/C28H38N6O2/c1-32-12-14-33(15-13-32)18-20-4-9-23-24(16-20)27(36)34(21-5-7-22(35)8-6-21)26-25(23)17-30-28(31-26)29-11-10-19-2-3-19/h4,9,16-17,19,21-22,35H,2-3,5-8,10-15,18H2,1H3,(H,29,30,31)/t21-,22-. The van der Waals surface area contributed by atoms with Gasteiger partial charge in [0.15, 0.2) is 0 Å². The number of aliphatic hydroxyl groups is 1. The summed E-state index contributed by atoms with van der Waals surface area (Å²) in [6.45, 7) is 5.97. The van der Waals surface area contributed by atoms with Crippen molar-refractivity contribution in [2.75, 3.05) is 45.1 Å². The van der Waals surface area contributed by atoms with E-state index in [1.165, 1.54) is 18.4 Å². The van der Waals surface area contributed by atoms with E-state index in [1.807, 2.05) is 10.8 Å². The summed E-state index contributed by atoms with van der Waals surface area (Å²) < 4.78 is 1.91. The number of anilines is 1. The number of nitrogens with one attached hydrogen (secondary N) is 1. The molecular weight excluding hydrogens is 452 g/mol. The average Bonchev–Trinajstić information content (AvgIpc) is 3.71. The molecule has 192 valence electrons. The lowest BCUT2D eigenvalue weighted by Gasteiger charge is -2.32. The van der Waals surface area contributed by atoms with Crippen LogP contribution in [-0.4, -0.2) is 75.3 Å². The molecule has 0 unspecified atom stereocenters. The van der Waals surface area contributed by atoms with Crippen molar-refractivity contribution in [3.05, 3.63) is 40.3 Å². The Bertz CT molecular complexity index is 1290. The summed E-state index contributed by atoms with van der Waals surface area (Å²) in [4.78, 5) is 28.4. The van der Waals surface area contributed by atoms with Crippen LogP contribution >= 0.6 is 0 Å². The highest BCUT2D eigenvalue weighted by Crippen LogP contribution is 2.33. The van der Waals surface area contributed by atoms with Gasteiger partial charge in [0.2, 0.25) is 5.95 Å². The van der Waals surface area contributed by atoms with Crippen LogP contribution in [0.25, 0.3) is 21.8 Å². The van der Waals surface area contributed by atoms with Crippen molar-refractivity contribution >= 4 is 27.8 Å². The number of hydrogen-bond acceptors (Lipinski definition) is 7. The molecule has 0 radical (unpaired) electrons. The Hall–Kier alpha value is -2.55. The van der Waals surface area contributed by atoms with Crippen LogP contribution in [-0.2, 0) is 6.54 Å². The number of rotatable bonds is 7. The predicted octanol–water partition coefficient (Wildman–Crippen LogP) is 3.38. The number of hydrogen-bond donors (Lipinski definition) is 2. The van der Waals surface area contributed by atoms with Crippen molar-refractivity contribution in [1.29, 1.82) is 0 Å². The first-order valence-corrected chi connectivity index (χ1v) is 13.7. The van der Waals surface area contributed by atoms with E-state index < -0.39 is 0 Å². The number of aromatic nitrogens is 3. The zero-order valence-corrected chi connectivity index (χ0v) is 21.3. The molecule has 0 bridgehead atoms. The number of nitrogens with zero attached hydrogens (tertiary/aromatic N) is 5. The monoisotopic (exact) mass is 490 g/mol. The molecule has 8 nitrogen and oxygen atoms in total. The van der Waals surface area contributed by atoms with Gasteiger partial charge in [-0.25, -0.2) is 4.98 Å². The lowest BCUT2D eigenvalue weighted by molar-refractivity contribution is 0.111. The van der Waals surface area contributed by atoms with Crippen LogP contribution in [0.5, 0.6) is 0 Å². The normalized spacial score (nSPS) is 23.9. The first-order valence-electron chi connectivity index (χ1n) is 13.7. The third-order valence-electron chi connectivity index (χ3n) is 8.39. The van der Waals surface area contributed by atoms with Crippen LogP contribution in [0.2, 0.25) is 0 Å². The maximum atomic E-state index is 14.0. The van der Waals surface area contributed by atoms with E-state index in [-0.39, 0.29) is 17.7 Å². The van der Waals surface area contributed by atoms with E-state index in [1.54, 1.807) is 0 Å². The molecule has 0 spiro atoms. The van der Waals surface area contributed by atoms with Gasteiger partial charge in [-0.2, -0.15) is 4.98 Å². The molecule has 3 heterocycles. The summed E-state index contributed by atoms with van der Waals surface area (Å²) in [6, 6.07) is 6.38. The zero-order valence-electron chi connectivity index (χ0n) is 21.3. The molecule has 3 aromatic rings. The van der Waals surface area contributed by atoms with E-state index in [9.17, 15) is 9.90 Å². The molecule has 6 rings (SSSR count). The number of benzene rings is 1. The second-order valence-electron chi connectivity index (χ2n) is 11.2. The second-order valence-corrected chi connectivity index (χ2v) is 11.2. The quantitative estimate of drug-likeness (QED) is 0.491. The molecule has 2 saturated carbocycles. The second kappa shape index (κ2) is 10.1. The summed E-state index contributed by atoms with van der Waals surface area (Å²) in [5.74, 6) is 1.44. The number of aliphatic hydroxyl groups excluding tert-OH is 1.